The SMILES string of the molecule is CC1(C)c2ccccc2-c2c(Br)cccc21.CC1(C)c2ccccc2-c2ccc(Cc3cccc4c3-c3ccccc3C4(C)C)cc21.CC1(C)c2ccccc2-c2ccc(N)cc21. The molecule has 63 heavy (non-hydrogen) atoms. The van der Waals surface area contributed by atoms with Gasteiger partial charge in [0.25, 0.3) is 0 Å². The highest BCUT2D eigenvalue weighted by Crippen LogP contribution is 2.53. The van der Waals surface area contributed by atoms with Gasteiger partial charge < -0.3 is 5.73 Å². The van der Waals surface area contributed by atoms with E-state index in [9.17, 15) is 0 Å². The van der Waals surface area contributed by atoms with E-state index < -0.39 is 0 Å². The van der Waals surface area contributed by atoms with Crippen LogP contribution in [0.5, 0.6) is 0 Å². The summed E-state index contributed by atoms with van der Waals surface area (Å²) in [5.41, 5.74) is 32.3. The van der Waals surface area contributed by atoms with Crippen LogP contribution in [0.1, 0.15) is 111 Å². The largest absolute Gasteiger partial charge is 0.399 e. The highest BCUT2D eigenvalue weighted by Gasteiger charge is 2.39. The van der Waals surface area contributed by atoms with Crippen molar-refractivity contribution in [2.24, 2.45) is 0 Å². The molecule has 1 nitrogen and oxygen atoms in total. The number of hydrogen-bond donors (Lipinski definition) is 1. The predicted octanol–water partition coefficient (Wildman–Crippen LogP) is 16.2. The average Bonchev–Trinajstić information content (AvgIpc) is 3.85. The van der Waals surface area contributed by atoms with E-state index in [2.05, 4.69) is 235 Å². The van der Waals surface area contributed by atoms with Gasteiger partial charge in [0.05, 0.1) is 0 Å². The molecule has 0 saturated carbocycles. The summed E-state index contributed by atoms with van der Waals surface area (Å²) in [5, 5.41) is 0. The third kappa shape index (κ3) is 6.39. The van der Waals surface area contributed by atoms with Crippen LogP contribution in [-0.2, 0) is 28.1 Å². The maximum Gasteiger partial charge on any atom is 0.0317 e. The quantitative estimate of drug-likeness (QED) is 0.172. The smallest absolute Gasteiger partial charge is 0.0317 e. The third-order valence-corrected chi connectivity index (χ3v) is 15.6. The maximum atomic E-state index is 5.89. The first-order chi connectivity index (χ1) is 30.1. The fraction of sp³-hybridized carbons (Fsp3) is 0.213. The van der Waals surface area contributed by atoms with Crippen LogP contribution in [0.2, 0.25) is 0 Å². The zero-order valence-corrected chi connectivity index (χ0v) is 39.4. The van der Waals surface area contributed by atoms with Crippen molar-refractivity contribution in [1.29, 1.82) is 0 Å². The number of rotatable bonds is 2. The van der Waals surface area contributed by atoms with Gasteiger partial charge in [0.15, 0.2) is 0 Å². The van der Waals surface area contributed by atoms with E-state index in [4.69, 9.17) is 5.73 Å². The highest BCUT2D eigenvalue weighted by atomic mass is 79.9. The molecule has 0 heterocycles. The Kier molecular flexibility index (Phi) is 9.66. The molecule has 0 bridgehead atoms. The topological polar surface area (TPSA) is 26.0 Å². The molecule has 0 saturated heterocycles. The molecule has 0 atom stereocenters. The van der Waals surface area contributed by atoms with Crippen LogP contribution >= 0.6 is 15.9 Å². The maximum absolute atomic E-state index is 5.89. The lowest BCUT2D eigenvalue weighted by Crippen LogP contribution is -2.15. The average molecular weight is 883 g/mol. The molecule has 2 heteroatoms. The van der Waals surface area contributed by atoms with Crippen molar-refractivity contribution in [1.82, 2.24) is 0 Å². The number of fused-ring (bicyclic) bond motifs is 12. The van der Waals surface area contributed by atoms with Crippen LogP contribution in [-0.4, -0.2) is 0 Å². The van der Waals surface area contributed by atoms with Gasteiger partial charge in [-0.2, -0.15) is 0 Å². The molecule has 4 aliphatic carbocycles. The molecule has 0 aromatic heterocycles. The Morgan fingerprint density at radius 3 is 1.29 bits per heavy atom. The predicted molar refractivity (Wildman–Crippen MR) is 271 cm³/mol. The summed E-state index contributed by atoms with van der Waals surface area (Å²) in [5.74, 6) is 0. The molecule has 0 spiro atoms. The molecule has 8 aromatic carbocycles. The van der Waals surface area contributed by atoms with Gasteiger partial charge in [-0.25, -0.2) is 0 Å². The number of anilines is 1. The van der Waals surface area contributed by atoms with Crippen molar-refractivity contribution in [3.8, 4) is 44.5 Å². The summed E-state index contributed by atoms with van der Waals surface area (Å²) in [6, 6.07) is 61.9. The van der Waals surface area contributed by atoms with Gasteiger partial charge in [-0.05, 0) is 119 Å². The third-order valence-electron chi connectivity index (χ3n) is 14.9. The van der Waals surface area contributed by atoms with Crippen LogP contribution < -0.4 is 5.73 Å². The normalized spacial score (nSPS) is 16.0. The number of halogens is 1. The molecular formula is C61H56BrN. The van der Waals surface area contributed by atoms with E-state index in [-0.39, 0.29) is 21.7 Å². The zero-order valence-electron chi connectivity index (χ0n) is 37.8. The first-order valence-corrected chi connectivity index (χ1v) is 23.3. The highest BCUT2D eigenvalue weighted by molar-refractivity contribution is 9.10. The Bertz CT molecular complexity index is 3120. The molecule has 2 N–H and O–H groups in total. The lowest BCUT2D eigenvalue weighted by molar-refractivity contribution is 0.659. The first-order valence-electron chi connectivity index (χ1n) is 22.5. The minimum absolute atomic E-state index is 0.0508. The second kappa shape index (κ2) is 14.8. The Labute approximate surface area is 383 Å². The lowest BCUT2D eigenvalue weighted by atomic mass is 9.81. The molecule has 0 radical (unpaired) electrons. The first kappa shape index (κ1) is 41.1. The van der Waals surface area contributed by atoms with E-state index in [1.807, 2.05) is 6.07 Å². The van der Waals surface area contributed by atoms with Gasteiger partial charge in [-0.3, -0.25) is 0 Å². The van der Waals surface area contributed by atoms with Crippen molar-refractivity contribution in [2.75, 3.05) is 5.73 Å². The van der Waals surface area contributed by atoms with Gasteiger partial charge in [-0.15, -0.1) is 0 Å². The van der Waals surface area contributed by atoms with Gasteiger partial charge in [0.2, 0.25) is 0 Å². The summed E-state index contributed by atoms with van der Waals surface area (Å²) >= 11 is 3.67. The zero-order chi connectivity index (χ0) is 44.1. The Morgan fingerprint density at radius 2 is 0.730 bits per heavy atom. The van der Waals surface area contributed by atoms with E-state index in [0.717, 1.165) is 12.1 Å². The van der Waals surface area contributed by atoms with E-state index in [0.29, 0.717) is 0 Å². The molecule has 0 aliphatic heterocycles. The van der Waals surface area contributed by atoms with Crippen LogP contribution in [0.3, 0.4) is 0 Å². The summed E-state index contributed by atoms with van der Waals surface area (Å²) in [4.78, 5) is 0. The molecular weight excluding hydrogens is 827 g/mol. The molecule has 0 unspecified atom stereocenters. The Balaban J connectivity index is 0.000000124. The summed E-state index contributed by atoms with van der Waals surface area (Å²) in [7, 11) is 0. The number of nitrogen functional groups attached to an aromatic ring is 1. The summed E-state index contributed by atoms with van der Waals surface area (Å²) in [6.45, 7) is 18.6. The molecule has 4 aliphatic rings. The minimum Gasteiger partial charge on any atom is -0.399 e. The van der Waals surface area contributed by atoms with Crippen LogP contribution in [0.25, 0.3) is 44.5 Å². The van der Waals surface area contributed by atoms with Gasteiger partial charge >= 0.3 is 0 Å². The van der Waals surface area contributed by atoms with Gasteiger partial charge in [-0.1, -0.05) is 223 Å². The molecule has 8 aromatic rings. The molecule has 12 rings (SSSR count). The van der Waals surface area contributed by atoms with E-state index in [1.54, 1.807) is 0 Å². The molecule has 0 amide bonds. The fourth-order valence-electron chi connectivity index (χ4n) is 11.5. The van der Waals surface area contributed by atoms with Crippen molar-refractivity contribution < 1.29 is 0 Å². The second-order valence-corrected chi connectivity index (χ2v) is 20.9. The van der Waals surface area contributed by atoms with Crippen molar-refractivity contribution >= 4 is 21.6 Å². The van der Waals surface area contributed by atoms with Crippen molar-refractivity contribution in [2.45, 2.75) is 83.5 Å². The second-order valence-electron chi connectivity index (χ2n) is 20.0. The van der Waals surface area contributed by atoms with Crippen LogP contribution in [0.4, 0.5) is 5.69 Å². The van der Waals surface area contributed by atoms with E-state index >= 15 is 0 Å². The Hall–Kier alpha value is -5.96. The minimum atomic E-state index is 0.0508. The Morgan fingerprint density at radius 1 is 0.349 bits per heavy atom. The van der Waals surface area contributed by atoms with Gasteiger partial charge in [0, 0.05) is 37.4 Å². The lowest BCUT2D eigenvalue weighted by Gasteiger charge is -2.22. The van der Waals surface area contributed by atoms with Crippen molar-refractivity contribution in [3.05, 3.63) is 230 Å². The van der Waals surface area contributed by atoms with Crippen molar-refractivity contribution in [3.63, 3.8) is 0 Å². The van der Waals surface area contributed by atoms with Gasteiger partial charge in [0.1, 0.15) is 0 Å². The monoisotopic (exact) mass is 881 g/mol. The summed E-state index contributed by atoms with van der Waals surface area (Å²) in [6.07, 6.45) is 0.966. The summed E-state index contributed by atoms with van der Waals surface area (Å²) < 4.78 is 1.20. The standard InChI is InChI=1S/C31H28.C15H13Br.C15H15N/c1-30(2)26-14-8-6-12-24(26)29-21(10-9-15-27(29)30)18-20-16-17-23-22-11-5-7-13-25(22)31(3,4)28(23)19-20;1-15(2)11-7-4-3-6-10(11)14-12(15)8-5-9-13(14)16;1-15(2)13-6-4-3-5-11(13)12-8-7-10(16)9-14(12)15/h5-17,19H,18H2,1-4H3;3-9H,1-2H3;3-9H,16H2,1-2H3. The number of benzene rings is 8. The van der Waals surface area contributed by atoms with E-state index in [1.165, 1.54) is 105 Å². The van der Waals surface area contributed by atoms with Crippen LogP contribution in [0.15, 0.2) is 174 Å². The fourth-order valence-corrected chi connectivity index (χ4v) is 12.1. The number of hydrogen-bond acceptors (Lipinski definition) is 1. The number of nitrogens with two attached hydrogens (primary N) is 1. The molecule has 312 valence electrons. The molecule has 0 fully saturated rings. The van der Waals surface area contributed by atoms with Crippen LogP contribution in [0, 0.1) is 0 Å².